The predicted molar refractivity (Wildman–Crippen MR) is 92.2 cm³/mol. The van der Waals surface area contributed by atoms with E-state index in [9.17, 15) is 4.39 Å². The Kier molecular flexibility index (Phi) is 2.87. The number of rotatable bonds is 0. The van der Waals surface area contributed by atoms with E-state index in [1.54, 1.807) is 12.1 Å². The van der Waals surface area contributed by atoms with E-state index in [-0.39, 0.29) is 17.5 Å². The Morgan fingerprint density at radius 1 is 1.13 bits per heavy atom. The van der Waals surface area contributed by atoms with Crippen molar-refractivity contribution in [2.75, 3.05) is 5.32 Å². The average Bonchev–Trinajstić information content (AvgIpc) is 2.46. The third kappa shape index (κ3) is 2.14. The minimum atomic E-state index is -0.239. The number of hydrogen-bond donors (Lipinski definition) is 1. The second-order valence-electron chi connectivity index (χ2n) is 7.02. The van der Waals surface area contributed by atoms with E-state index in [1.165, 1.54) is 17.2 Å². The molecule has 4 rings (SSSR count). The van der Waals surface area contributed by atoms with Crippen LogP contribution in [-0.4, -0.2) is 5.54 Å². The van der Waals surface area contributed by atoms with Gasteiger partial charge in [-0.1, -0.05) is 12.1 Å². The number of anilines is 1. The van der Waals surface area contributed by atoms with E-state index >= 15 is 0 Å². The lowest BCUT2D eigenvalue weighted by molar-refractivity contribution is 0.222. The van der Waals surface area contributed by atoms with Gasteiger partial charge in [-0.3, -0.25) is 0 Å². The first kappa shape index (κ1) is 14.3. The molecule has 2 aliphatic heterocycles. The van der Waals surface area contributed by atoms with Crippen LogP contribution in [0.15, 0.2) is 36.4 Å². The summed E-state index contributed by atoms with van der Waals surface area (Å²) in [5, 5.41) is 3.57. The highest BCUT2D eigenvalue weighted by Gasteiger charge is 2.31. The molecule has 2 aliphatic rings. The molecule has 0 bridgehead atoms. The summed E-state index contributed by atoms with van der Waals surface area (Å²) >= 11 is 0. The fraction of sp³-hybridized carbons (Fsp3) is 0.300. The molecule has 0 unspecified atom stereocenters. The molecule has 0 saturated heterocycles. The van der Waals surface area contributed by atoms with Crippen molar-refractivity contribution in [1.29, 1.82) is 0 Å². The molecule has 0 aromatic heterocycles. The molecule has 2 nitrogen and oxygen atoms in total. The second-order valence-corrected chi connectivity index (χ2v) is 7.02. The molecule has 0 amide bonds. The highest BCUT2D eigenvalue weighted by atomic mass is 19.1. The van der Waals surface area contributed by atoms with Gasteiger partial charge in [-0.15, -0.1) is 0 Å². The van der Waals surface area contributed by atoms with Gasteiger partial charge < -0.3 is 10.1 Å². The second kappa shape index (κ2) is 4.60. The predicted octanol–water partition coefficient (Wildman–Crippen LogP) is 5.55. The molecule has 0 radical (unpaired) electrons. The quantitative estimate of drug-likeness (QED) is 0.688. The van der Waals surface area contributed by atoms with E-state index in [4.69, 9.17) is 4.74 Å². The minimum Gasteiger partial charge on any atom is -0.485 e. The average molecular weight is 309 g/mol. The highest BCUT2D eigenvalue weighted by Crippen LogP contribution is 2.48. The van der Waals surface area contributed by atoms with Gasteiger partial charge in [-0.2, -0.15) is 0 Å². The van der Waals surface area contributed by atoms with Gasteiger partial charge >= 0.3 is 0 Å². The smallest absolute Gasteiger partial charge is 0.128 e. The zero-order chi connectivity index (χ0) is 16.4. The first-order chi connectivity index (χ1) is 10.9. The molecule has 2 heterocycles. The largest absolute Gasteiger partial charge is 0.485 e. The van der Waals surface area contributed by atoms with Crippen LogP contribution in [-0.2, 0) is 0 Å². The molecule has 0 aliphatic carbocycles. The molecule has 0 spiro atoms. The van der Waals surface area contributed by atoms with Crippen molar-refractivity contribution in [3.63, 3.8) is 0 Å². The van der Waals surface area contributed by atoms with Gasteiger partial charge in [-0.25, -0.2) is 4.39 Å². The zero-order valence-corrected chi connectivity index (χ0v) is 13.8. The Hall–Kier alpha value is -2.29. The lowest BCUT2D eigenvalue weighted by Gasteiger charge is -2.36. The molecular weight excluding hydrogens is 289 g/mol. The van der Waals surface area contributed by atoms with Crippen LogP contribution in [0.25, 0.3) is 16.7 Å². The van der Waals surface area contributed by atoms with Crippen LogP contribution in [0.1, 0.15) is 44.9 Å². The lowest BCUT2D eigenvalue weighted by atomic mass is 9.82. The maximum Gasteiger partial charge on any atom is 0.128 e. The molecule has 118 valence electrons. The number of fused-ring (bicyclic) bond motifs is 5. The van der Waals surface area contributed by atoms with E-state index in [0.717, 1.165) is 28.1 Å². The Balaban J connectivity index is 2.01. The van der Waals surface area contributed by atoms with Crippen LogP contribution < -0.4 is 10.1 Å². The molecule has 2 aromatic carbocycles. The van der Waals surface area contributed by atoms with Crippen molar-refractivity contribution in [2.45, 2.75) is 39.3 Å². The summed E-state index contributed by atoms with van der Waals surface area (Å²) in [6.07, 6.45) is 2.17. The Morgan fingerprint density at radius 2 is 1.91 bits per heavy atom. The summed E-state index contributed by atoms with van der Waals surface area (Å²) < 4.78 is 19.8. The van der Waals surface area contributed by atoms with Gasteiger partial charge in [-0.05, 0) is 63.1 Å². The fourth-order valence-corrected chi connectivity index (χ4v) is 3.87. The van der Waals surface area contributed by atoms with Gasteiger partial charge in [0.1, 0.15) is 17.7 Å². The summed E-state index contributed by atoms with van der Waals surface area (Å²) in [5.41, 5.74) is 6.49. The van der Waals surface area contributed by atoms with E-state index in [1.807, 2.05) is 0 Å². The molecule has 2 aromatic rings. The van der Waals surface area contributed by atoms with Crippen molar-refractivity contribution in [2.24, 2.45) is 0 Å². The van der Waals surface area contributed by atoms with Crippen LogP contribution in [0.4, 0.5) is 10.1 Å². The van der Waals surface area contributed by atoms with Crippen molar-refractivity contribution in [3.05, 3.63) is 53.4 Å². The van der Waals surface area contributed by atoms with Crippen molar-refractivity contribution < 1.29 is 9.13 Å². The SMILES string of the molecule is CC1=CC(C)(C)Nc2ccc3c(c21)[C@@H](C)Oc1ccc(F)cc1-3. The third-order valence-electron chi connectivity index (χ3n) is 4.62. The highest BCUT2D eigenvalue weighted by molar-refractivity contribution is 5.89. The maximum absolute atomic E-state index is 13.7. The first-order valence-corrected chi connectivity index (χ1v) is 7.97. The van der Waals surface area contributed by atoms with Crippen LogP contribution in [0.3, 0.4) is 0 Å². The van der Waals surface area contributed by atoms with Gasteiger partial charge in [0, 0.05) is 22.4 Å². The Morgan fingerprint density at radius 3 is 2.70 bits per heavy atom. The number of halogens is 1. The number of ether oxygens (including phenoxy) is 1. The Bertz CT molecular complexity index is 851. The summed E-state index contributed by atoms with van der Waals surface area (Å²) in [7, 11) is 0. The molecule has 1 atom stereocenters. The van der Waals surface area contributed by atoms with Gasteiger partial charge in [0.2, 0.25) is 0 Å². The van der Waals surface area contributed by atoms with Gasteiger partial charge in [0.05, 0.1) is 5.54 Å². The van der Waals surface area contributed by atoms with E-state index in [2.05, 4.69) is 51.2 Å². The molecule has 23 heavy (non-hydrogen) atoms. The normalized spacial score (nSPS) is 20.4. The summed E-state index contributed by atoms with van der Waals surface area (Å²) in [6, 6.07) is 8.90. The molecule has 0 saturated carbocycles. The van der Waals surface area contributed by atoms with Crippen LogP contribution in [0.2, 0.25) is 0 Å². The van der Waals surface area contributed by atoms with E-state index in [0.29, 0.717) is 0 Å². The van der Waals surface area contributed by atoms with Crippen molar-refractivity contribution in [3.8, 4) is 16.9 Å². The number of benzene rings is 2. The summed E-state index contributed by atoms with van der Waals surface area (Å²) in [6.45, 7) is 8.50. The maximum atomic E-state index is 13.7. The number of allylic oxidation sites excluding steroid dienone is 1. The fourth-order valence-electron chi connectivity index (χ4n) is 3.87. The molecule has 0 fully saturated rings. The third-order valence-corrected chi connectivity index (χ3v) is 4.62. The molecule has 3 heteroatoms. The van der Waals surface area contributed by atoms with Crippen LogP contribution in [0, 0.1) is 5.82 Å². The monoisotopic (exact) mass is 309 g/mol. The lowest BCUT2D eigenvalue weighted by Crippen LogP contribution is -2.32. The molecular formula is C20H20FNO. The van der Waals surface area contributed by atoms with Gasteiger partial charge in [0.25, 0.3) is 0 Å². The first-order valence-electron chi connectivity index (χ1n) is 7.97. The van der Waals surface area contributed by atoms with Crippen LogP contribution in [0.5, 0.6) is 5.75 Å². The van der Waals surface area contributed by atoms with E-state index < -0.39 is 0 Å². The number of hydrogen-bond acceptors (Lipinski definition) is 2. The standard InChI is InChI=1S/C20H20FNO/c1-11-10-20(3,4)22-16-7-6-14-15-9-13(21)5-8-17(15)23-12(2)19(14)18(11)16/h5-10,12,22H,1-4H3/t12-/m1/s1. The Labute approximate surface area is 136 Å². The summed E-state index contributed by atoms with van der Waals surface area (Å²) in [5.74, 6) is 0.508. The van der Waals surface area contributed by atoms with Crippen molar-refractivity contribution >= 4 is 11.3 Å². The molecule has 1 N–H and O–H groups in total. The topological polar surface area (TPSA) is 21.3 Å². The van der Waals surface area contributed by atoms with Crippen LogP contribution >= 0.6 is 0 Å². The minimum absolute atomic E-state index is 0.0655. The summed E-state index contributed by atoms with van der Waals surface area (Å²) in [4.78, 5) is 0. The van der Waals surface area contributed by atoms with Gasteiger partial charge in [0.15, 0.2) is 0 Å². The van der Waals surface area contributed by atoms with Crippen molar-refractivity contribution in [1.82, 2.24) is 0 Å². The number of nitrogens with one attached hydrogen (secondary N) is 1. The zero-order valence-electron chi connectivity index (χ0n) is 13.8.